The Morgan fingerprint density at radius 3 is 2.58 bits per heavy atom. The quantitative estimate of drug-likeness (QED) is 0.404. The first-order valence-electron chi connectivity index (χ1n) is 7.78. The molecule has 0 aliphatic carbocycles. The standard InChI is InChI=1S/C19H15N3O3S/c1-13-20-17(12-26-13)14-6-9-16(10-7-14)21-19(23)11-8-15-4-2-3-5-18(15)22(24)25/h2-12H,1H3,(H,21,23)/b11-8+. The average molecular weight is 365 g/mol. The Kier molecular flexibility index (Phi) is 5.19. The molecule has 7 heteroatoms. The molecule has 0 bridgehead atoms. The zero-order chi connectivity index (χ0) is 18.5. The summed E-state index contributed by atoms with van der Waals surface area (Å²) in [6.07, 6.45) is 2.71. The summed E-state index contributed by atoms with van der Waals surface area (Å²) in [4.78, 5) is 27.0. The molecule has 130 valence electrons. The van der Waals surface area contributed by atoms with Crippen LogP contribution in [0.15, 0.2) is 60.0 Å². The van der Waals surface area contributed by atoms with Crippen molar-refractivity contribution in [3.05, 3.63) is 80.7 Å². The lowest BCUT2D eigenvalue weighted by Crippen LogP contribution is -2.07. The van der Waals surface area contributed by atoms with Gasteiger partial charge in [-0.1, -0.05) is 24.3 Å². The number of carbonyl (C=O) groups is 1. The van der Waals surface area contributed by atoms with Gasteiger partial charge in [-0.3, -0.25) is 14.9 Å². The van der Waals surface area contributed by atoms with Crippen LogP contribution in [0.5, 0.6) is 0 Å². The third-order valence-corrected chi connectivity index (χ3v) is 4.39. The second kappa shape index (κ2) is 7.71. The minimum Gasteiger partial charge on any atom is -0.323 e. The minimum absolute atomic E-state index is 0.0422. The third kappa shape index (κ3) is 4.20. The van der Waals surface area contributed by atoms with Crippen molar-refractivity contribution in [2.24, 2.45) is 0 Å². The van der Waals surface area contributed by atoms with Crippen LogP contribution >= 0.6 is 11.3 Å². The van der Waals surface area contributed by atoms with Gasteiger partial charge in [0, 0.05) is 28.8 Å². The van der Waals surface area contributed by atoms with Crippen LogP contribution in [0, 0.1) is 17.0 Å². The smallest absolute Gasteiger partial charge is 0.276 e. The molecule has 1 amide bonds. The molecule has 0 saturated heterocycles. The lowest BCUT2D eigenvalue weighted by atomic mass is 10.1. The topological polar surface area (TPSA) is 85.1 Å². The summed E-state index contributed by atoms with van der Waals surface area (Å²) < 4.78 is 0. The van der Waals surface area contributed by atoms with Crippen molar-refractivity contribution in [3.63, 3.8) is 0 Å². The van der Waals surface area contributed by atoms with Gasteiger partial charge >= 0.3 is 0 Å². The van der Waals surface area contributed by atoms with Gasteiger partial charge in [-0.15, -0.1) is 11.3 Å². The Labute approximate surface area is 154 Å². The molecule has 0 aliphatic heterocycles. The Hall–Kier alpha value is -3.32. The summed E-state index contributed by atoms with van der Waals surface area (Å²) in [7, 11) is 0. The first kappa shape index (κ1) is 17.5. The van der Waals surface area contributed by atoms with Gasteiger partial charge < -0.3 is 5.32 Å². The fourth-order valence-corrected chi connectivity index (χ4v) is 2.99. The molecule has 0 aliphatic rings. The number of rotatable bonds is 5. The first-order chi connectivity index (χ1) is 12.5. The van der Waals surface area contributed by atoms with E-state index in [9.17, 15) is 14.9 Å². The van der Waals surface area contributed by atoms with Gasteiger partial charge in [0.1, 0.15) is 0 Å². The third-order valence-electron chi connectivity index (χ3n) is 3.61. The van der Waals surface area contributed by atoms with Gasteiger partial charge in [-0.2, -0.15) is 0 Å². The van der Waals surface area contributed by atoms with Crippen molar-refractivity contribution in [2.45, 2.75) is 6.92 Å². The molecule has 6 nitrogen and oxygen atoms in total. The highest BCUT2D eigenvalue weighted by molar-refractivity contribution is 7.09. The summed E-state index contributed by atoms with van der Waals surface area (Å²) in [6.45, 7) is 1.95. The molecule has 1 heterocycles. The molecule has 0 atom stereocenters. The molecule has 1 aromatic heterocycles. The van der Waals surface area contributed by atoms with E-state index < -0.39 is 4.92 Å². The van der Waals surface area contributed by atoms with E-state index in [4.69, 9.17) is 0 Å². The summed E-state index contributed by atoms with van der Waals surface area (Å²) in [5.41, 5.74) is 2.85. The maximum absolute atomic E-state index is 12.0. The number of thiazole rings is 1. The van der Waals surface area contributed by atoms with Crippen LogP contribution in [0.4, 0.5) is 11.4 Å². The Bertz CT molecular complexity index is 978. The number of nitro groups is 1. The molecule has 0 saturated carbocycles. The zero-order valence-corrected chi connectivity index (χ0v) is 14.7. The van der Waals surface area contributed by atoms with Gasteiger partial charge in [-0.25, -0.2) is 4.98 Å². The van der Waals surface area contributed by atoms with E-state index in [2.05, 4.69) is 10.3 Å². The van der Waals surface area contributed by atoms with Crippen LogP contribution < -0.4 is 5.32 Å². The lowest BCUT2D eigenvalue weighted by molar-refractivity contribution is -0.385. The average Bonchev–Trinajstić information content (AvgIpc) is 3.07. The van der Waals surface area contributed by atoms with Gasteiger partial charge in [0.15, 0.2) is 0 Å². The Balaban J connectivity index is 1.68. The molecule has 1 N–H and O–H groups in total. The number of aryl methyl sites for hydroxylation is 1. The number of para-hydroxylation sites is 1. The van der Waals surface area contributed by atoms with Crippen LogP contribution in [-0.2, 0) is 4.79 Å². The molecule has 3 aromatic rings. The molecule has 26 heavy (non-hydrogen) atoms. The van der Waals surface area contributed by atoms with E-state index in [1.807, 2.05) is 24.4 Å². The van der Waals surface area contributed by atoms with E-state index in [1.54, 1.807) is 41.7 Å². The number of nitrogens with one attached hydrogen (secondary N) is 1. The molecule has 3 rings (SSSR count). The predicted molar refractivity (Wildman–Crippen MR) is 103 cm³/mol. The summed E-state index contributed by atoms with van der Waals surface area (Å²) in [5, 5.41) is 16.7. The molecule has 0 spiro atoms. The monoisotopic (exact) mass is 365 g/mol. The number of hydrogen-bond acceptors (Lipinski definition) is 5. The van der Waals surface area contributed by atoms with Gasteiger partial charge in [-0.05, 0) is 31.2 Å². The van der Waals surface area contributed by atoms with Crippen LogP contribution in [-0.4, -0.2) is 15.8 Å². The van der Waals surface area contributed by atoms with Gasteiger partial charge in [0.25, 0.3) is 5.69 Å². The van der Waals surface area contributed by atoms with Crippen LogP contribution in [0.3, 0.4) is 0 Å². The van der Waals surface area contributed by atoms with Crippen molar-refractivity contribution in [1.29, 1.82) is 0 Å². The Morgan fingerprint density at radius 1 is 1.19 bits per heavy atom. The number of benzene rings is 2. The van der Waals surface area contributed by atoms with Crippen molar-refractivity contribution in [2.75, 3.05) is 5.32 Å². The van der Waals surface area contributed by atoms with Crippen molar-refractivity contribution in [1.82, 2.24) is 4.98 Å². The second-order valence-corrected chi connectivity index (χ2v) is 6.53. The second-order valence-electron chi connectivity index (χ2n) is 5.47. The highest BCUT2D eigenvalue weighted by Gasteiger charge is 2.10. The van der Waals surface area contributed by atoms with E-state index >= 15 is 0 Å². The van der Waals surface area contributed by atoms with E-state index in [1.165, 1.54) is 18.2 Å². The number of carbonyl (C=O) groups excluding carboxylic acids is 1. The number of amides is 1. The van der Waals surface area contributed by atoms with Crippen molar-refractivity contribution in [3.8, 4) is 11.3 Å². The molecule has 0 radical (unpaired) electrons. The van der Waals surface area contributed by atoms with Crippen LogP contribution in [0.2, 0.25) is 0 Å². The predicted octanol–water partition coefficient (Wildman–Crippen LogP) is 4.68. The number of aromatic nitrogens is 1. The molecule has 2 aromatic carbocycles. The largest absolute Gasteiger partial charge is 0.323 e. The maximum Gasteiger partial charge on any atom is 0.276 e. The summed E-state index contributed by atoms with van der Waals surface area (Å²) in [5.74, 6) is -0.361. The lowest BCUT2D eigenvalue weighted by Gasteiger charge is -2.03. The summed E-state index contributed by atoms with van der Waals surface area (Å²) in [6, 6.07) is 13.6. The fourth-order valence-electron chi connectivity index (χ4n) is 2.36. The van der Waals surface area contributed by atoms with E-state index in [-0.39, 0.29) is 11.6 Å². The molecule has 0 fully saturated rings. The SMILES string of the molecule is Cc1nc(-c2ccc(NC(=O)/C=C/c3ccccc3[N+](=O)[O-])cc2)cs1. The highest BCUT2D eigenvalue weighted by atomic mass is 32.1. The minimum atomic E-state index is -0.476. The van der Waals surface area contributed by atoms with Gasteiger partial charge in [0.2, 0.25) is 5.91 Å². The summed E-state index contributed by atoms with van der Waals surface area (Å²) >= 11 is 1.58. The van der Waals surface area contributed by atoms with E-state index in [0.717, 1.165) is 16.3 Å². The number of nitro benzene ring substituents is 1. The number of anilines is 1. The van der Waals surface area contributed by atoms with Crippen molar-refractivity contribution >= 4 is 34.7 Å². The normalized spacial score (nSPS) is 10.8. The Morgan fingerprint density at radius 2 is 1.92 bits per heavy atom. The number of hydrogen-bond donors (Lipinski definition) is 1. The molecular weight excluding hydrogens is 350 g/mol. The van der Waals surface area contributed by atoms with Crippen LogP contribution in [0.25, 0.3) is 17.3 Å². The fraction of sp³-hybridized carbons (Fsp3) is 0.0526. The van der Waals surface area contributed by atoms with E-state index in [0.29, 0.717) is 11.3 Å². The van der Waals surface area contributed by atoms with Gasteiger partial charge in [0.05, 0.1) is 21.2 Å². The number of nitrogens with zero attached hydrogens (tertiary/aromatic N) is 2. The van der Waals surface area contributed by atoms with Crippen LogP contribution in [0.1, 0.15) is 10.6 Å². The molecular formula is C19H15N3O3S. The zero-order valence-electron chi connectivity index (χ0n) is 13.9. The first-order valence-corrected chi connectivity index (χ1v) is 8.66. The van der Waals surface area contributed by atoms with Crippen molar-refractivity contribution < 1.29 is 9.72 Å². The highest BCUT2D eigenvalue weighted by Crippen LogP contribution is 2.23. The molecule has 0 unspecified atom stereocenters. The maximum atomic E-state index is 12.0.